The molecule has 20 heavy (non-hydrogen) atoms. The maximum Gasteiger partial charge on any atom is 0.230 e. The van der Waals surface area contributed by atoms with Gasteiger partial charge in [-0.3, -0.25) is 4.79 Å². The number of rotatable bonds is 4. The Bertz CT molecular complexity index is 452. The monoisotopic (exact) mass is 358 g/mol. The van der Waals surface area contributed by atoms with E-state index in [0.29, 0.717) is 13.1 Å². The van der Waals surface area contributed by atoms with Gasteiger partial charge in [0.25, 0.3) is 0 Å². The van der Waals surface area contributed by atoms with Gasteiger partial charge in [-0.1, -0.05) is 25.7 Å². The molecule has 1 saturated carbocycles. The van der Waals surface area contributed by atoms with Gasteiger partial charge in [0.2, 0.25) is 5.91 Å². The van der Waals surface area contributed by atoms with E-state index in [-0.39, 0.29) is 11.3 Å². The number of amides is 1. The maximum absolute atomic E-state index is 12.9. The first-order valence-electron chi connectivity index (χ1n) is 7.26. The van der Waals surface area contributed by atoms with Crippen molar-refractivity contribution in [2.45, 2.75) is 45.1 Å². The summed E-state index contributed by atoms with van der Waals surface area (Å²) in [5.41, 5.74) is 5.67. The van der Waals surface area contributed by atoms with Crippen molar-refractivity contribution in [1.29, 1.82) is 0 Å². The van der Waals surface area contributed by atoms with Crippen LogP contribution in [-0.4, -0.2) is 24.4 Å². The van der Waals surface area contributed by atoms with E-state index in [0.717, 1.165) is 30.2 Å². The largest absolute Gasteiger partial charge is 0.340 e. The predicted molar refractivity (Wildman–Crippen MR) is 87.7 cm³/mol. The number of halogens is 1. The Balaban J connectivity index is 2.06. The van der Waals surface area contributed by atoms with Gasteiger partial charge in [0.1, 0.15) is 0 Å². The van der Waals surface area contributed by atoms with Gasteiger partial charge in [-0.2, -0.15) is 0 Å². The Labute approximate surface area is 133 Å². The molecule has 2 rings (SSSR count). The molecule has 112 valence electrons. The summed E-state index contributed by atoms with van der Waals surface area (Å²) >= 11 is 5.14. The average molecular weight is 359 g/mol. The highest BCUT2D eigenvalue weighted by Crippen LogP contribution is 2.36. The van der Waals surface area contributed by atoms with E-state index in [9.17, 15) is 4.79 Å². The number of thiophene rings is 1. The molecule has 1 fully saturated rings. The van der Waals surface area contributed by atoms with Gasteiger partial charge in [-0.05, 0) is 34.8 Å². The van der Waals surface area contributed by atoms with Crippen LogP contribution < -0.4 is 5.73 Å². The molecule has 0 spiro atoms. The van der Waals surface area contributed by atoms with E-state index < -0.39 is 0 Å². The van der Waals surface area contributed by atoms with Crippen LogP contribution in [-0.2, 0) is 11.3 Å². The highest BCUT2D eigenvalue weighted by Gasteiger charge is 2.39. The fourth-order valence-corrected chi connectivity index (χ4v) is 4.56. The third-order valence-corrected chi connectivity index (χ3v) is 5.95. The number of nitrogens with two attached hydrogens (primary N) is 1. The molecular formula is C15H23BrN2OS. The summed E-state index contributed by atoms with van der Waals surface area (Å²) in [6.45, 7) is 1.15. The van der Waals surface area contributed by atoms with Gasteiger partial charge >= 0.3 is 0 Å². The Kier molecular flexibility index (Phi) is 5.64. The zero-order chi connectivity index (χ0) is 14.6. The molecule has 0 atom stereocenters. The van der Waals surface area contributed by atoms with Crippen molar-refractivity contribution in [3.05, 3.63) is 20.8 Å². The molecular weight excluding hydrogens is 336 g/mol. The van der Waals surface area contributed by atoms with Crippen molar-refractivity contribution >= 4 is 33.2 Å². The summed E-state index contributed by atoms with van der Waals surface area (Å²) in [6.07, 6.45) is 6.61. The fourth-order valence-electron chi connectivity index (χ4n) is 3.06. The molecule has 1 aromatic rings. The van der Waals surface area contributed by atoms with Gasteiger partial charge in [-0.25, -0.2) is 0 Å². The quantitative estimate of drug-likeness (QED) is 0.832. The maximum atomic E-state index is 12.9. The van der Waals surface area contributed by atoms with Crippen LogP contribution in [0.5, 0.6) is 0 Å². The van der Waals surface area contributed by atoms with Crippen LogP contribution in [0.15, 0.2) is 15.9 Å². The zero-order valence-corrected chi connectivity index (χ0v) is 14.4. The zero-order valence-electron chi connectivity index (χ0n) is 12.0. The van der Waals surface area contributed by atoms with Crippen molar-refractivity contribution in [2.24, 2.45) is 11.1 Å². The Morgan fingerprint density at radius 2 is 2.05 bits per heavy atom. The Hall–Kier alpha value is -0.390. The van der Waals surface area contributed by atoms with Gasteiger partial charge in [0.05, 0.1) is 12.0 Å². The van der Waals surface area contributed by atoms with Crippen molar-refractivity contribution < 1.29 is 4.79 Å². The van der Waals surface area contributed by atoms with Crippen LogP contribution in [0.4, 0.5) is 0 Å². The number of hydrogen-bond donors (Lipinski definition) is 1. The normalized spacial score (nSPS) is 18.6. The molecule has 0 aliphatic heterocycles. The minimum absolute atomic E-state index is 0.228. The molecule has 2 N–H and O–H groups in total. The smallest absolute Gasteiger partial charge is 0.230 e. The second-order valence-electron chi connectivity index (χ2n) is 5.79. The van der Waals surface area contributed by atoms with Crippen molar-refractivity contribution in [2.75, 3.05) is 13.6 Å². The molecule has 1 aromatic heterocycles. The lowest BCUT2D eigenvalue weighted by Gasteiger charge is -2.34. The third-order valence-electron chi connectivity index (χ3n) is 4.27. The van der Waals surface area contributed by atoms with Crippen LogP contribution in [0.25, 0.3) is 0 Å². The summed E-state index contributed by atoms with van der Waals surface area (Å²) in [6, 6.07) is 2.08. The standard InChI is InChI=1S/C15H23BrN2OS/c1-18(9-13-8-12(16)10-20-13)14(19)15(11-17)6-4-2-3-5-7-15/h8,10H,2-7,9,11,17H2,1H3. The fraction of sp³-hybridized carbons (Fsp3) is 0.667. The molecule has 3 nitrogen and oxygen atoms in total. The predicted octanol–water partition coefficient (Wildman–Crippen LogP) is 3.77. The topological polar surface area (TPSA) is 46.3 Å². The summed E-state index contributed by atoms with van der Waals surface area (Å²) in [5.74, 6) is 0.228. The Morgan fingerprint density at radius 3 is 2.55 bits per heavy atom. The van der Waals surface area contributed by atoms with Gasteiger partial charge in [-0.15, -0.1) is 11.3 Å². The SMILES string of the molecule is CN(Cc1cc(Br)cs1)C(=O)C1(CN)CCCCCC1. The van der Waals surface area contributed by atoms with E-state index in [1.54, 1.807) is 11.3 Å². The molecule has 0 saturated heterocycles. The van der Waals surface area contributed by atoms with Crippen LogP contribution in [0.3, 0.4) is 0 Å². The van der Waals surface area contributed by atoms with E-state index >= 15 is 0 Å². The first-order valence-corrected chi connectivity index (χ1v) is 8.93. The minimum Gasteiger partial charge on any atom is -0.340 e. The van der Waals surface area contributed by atoms with Crippen molar-refractivity contribution in [3.63, 3.8) is 0 Å². The minimum atomic E-state index is -0.320. The number of nitrogens with zero attached hydrogens (tertiary/aromatic N) is 1. The molecule has 1 amide bonds. The number of carbonyl (C=O) groups excluding carboxylic acids is 1. The highest BCUT2D eigenvalue weighted by atomic mass is 79.9. The lowest BCUT2D eigenvalue weighted by Crippen LogP contribution is -2.46. The van der Waals surface area contributed by atoms with E-state index in [2.05, 4.69) is 27.4 Å². The first-order chi connectivity index (χ1) is 9.57. The lowest BCUT2D eigenvalue weighted by molar-refractivity contribution is -0.141. The molecule has 1 aliphatic carbocycles. The molecule has 1 heterocycles. The van der Waals surface area contributed by atoms with E-state index in [1.807, 2.05) is 11.9 Å². The van der Waals surface area contributed by atoms with Gasteiger partial charge in [0.15, 0.2) is 0 Å². The van der Waals surface area contributed by atoms with Gasteiger partial charge < -0.3 is 10.6 Å². The second kappa shape index (κ2) is 7.05. The van der Waals surface area contributed by atoms with Gasteiger partial charge in [0, 0.05) is 28.3 Å². The van der Waals surface area contributed by atoms with Crippen LogP contribution in [0.2, 0.25) is 0 Å². The van der Waals surface area contributed by atoms with Crippen LogP contribution in [0.1, 0.15) is 43.4 Å². The summed E-state index contributed by atoms with van der Waals surface area (Å²) < 4.78 is 1.08. The molecule has 0 bridgehead atoms. The molecule has 0 unspecified atom stereocenters. The van der Waals surface area contributed by atoms with E-state index in [4.69, 9.17) is 5.73 Å². The third kappa shape index (κ3) is 3.62. The van der Waals surface area contributed by atoms with Crippen molar-refractivity contribution in [3.8, 4) is 0 Å². The van der Waals surface area contributed by atoms with Crippen LogP contribution >= 0.6 is 27.3 Å². The Morgan fingerprint density at radius 1 is 1.40 bits per heavy atom. The van der Waals surface area contributed by atoms with Crippen molar-refractivity contribution in [1.82, 2.24) is 4.90 Å². The summed E-state index contributed by atoms with van der Waals surface area (Å²) in [7, 11) is 1.90. The van der Waals surface area contributed by atoms with Crippen LogP contribution in [0, 0.1) is 5.41 Å². The number of carbonyl (C=O) groups is 1. The molecule has 1 aliphatic rings. The molecule has 0 aromatic carbocycles. The molecule has 0 radical (unpaired) electrons. The number of hydrogen-bond acceptors (Lipinski definition) is 3. The average Bonchev–Trinajstić information content (AvgIpc) is 2.71. The molecule has 5 heteroatoms. The first kappa shape index (κ1) is 16.0. The highest BCUT2D eigenvalue weighted by molar-refractivity contribution is 9.10. The second-order valence-corrected chi connectivity index (χ2v) is 7.70. The summed E-state index contributed by atoms with van der Waals surface area (Å²) in [5, 5.41) is 2.05. The lowest BCUT2D eigenvalue weighted by atomic mass is 9.79. The summed E-state index contributed by atoms with van der Waals surface area (Å²) in [4.78, 5) is 15.9. The van der Waals surface area contributed by atoms with E-state index in [1.165, 1.54) is 17.7 Å².